The van der Waals surface area contributed by atoms with E-state index >= 15 is 0 Å². The molecule has 160 valence electrons. The van der Waals surface area contributed by atoms with Crippen molar-refractivity contribution >= 4 is 23.6 Å². The smallest absolute Gasteiger partial charge is 0.338 e. The Balaban J connectivity index is 1.85. The van der Waals surface area contributed by atoms with Gasteiger partial charge in [-0.3, -0.25) is 4.79 Å². The molecule has 2 aromatic rings. The molecule has 0 aliphatic heterocycles. The fourth-order valence-electron chi connectivity index (χ4n) is 2.60. The molecule has 0 saturated heterocycles. The number of esters is 1. The third kappa shape index (κ3) is 7.24. The Morgan fingerprint density at radius 2 is 1.50 bits per heavy atom. The number of carbonyl (C=O) groups is 3. The number of ether oxygens (including phenoxy) is 1. The Labute approximate surface area is 177 Å². The summed E-state index contributed by atoms with van der Waals surface area (Å²) in [5.74, 6) is -0.986. The van der Waals surface area contributed by atoms with Gasteiger partial charge in [-0.05, 0) is 62.6 Å². The standard InChI is InChI=1S/C23H29N3O4/c1-5-17-8-12-20(13-9-17)26-21(27)16(4)30-22(28)19-10-6-18(7-11-19)14-24-23(29)25-15(2)3/h6-13,15-16H,5,14H2,1-4H3,(H,26,27)(H2,24,25,29). The van der Waals surface area contributed by atoms with Crippen molar-refractivity contribution in [3.63, 3.8) is 0 Å². The van der Waals surface area contributed by atoms with Gasteiger partial charge in [-0.1, -0.05) is 31.2 Å². The molecule has 7 nitrogen and oxygen atoms in total. The summed E-state index contributed by atoms with van der Waals surface area (Å²) in [7, 11) is 0. The number of carbonyl (C=O) groups excluding carboxylic acids is 3. The van der Waals surface area contributed by atoms with Crippen molar-refractivity contribution in [1.29, 1.82) is 0 Å². The van der Waals surface area contributed by atoms with E-state index in [9.17, 15) is 14.4 Å². The monoisotopic (exact) mass is 411 g/mol. The lowest BCUT2D eigenvalue weighted by Crippen LogP contribution is -2.39. The maximum atomic E-state index is 12.3. The van der Waals surface area contributed by atoms with Crippen LogP contribution in [0.2, 0.25) is 0 Å². The largest absolute Gasteiger partial charge is 0.449 e. The number of hydrogen-bond donors (Lipinski definition) is 3. The average molecular weight is 412 g/mol. The molecular formula is C23H29N3O4. The number of hydrogen-bond acceptors (Lipinski definition) is 4. The third-order valence-corrected chi connectivity index (χ3v) is 4.35. The van der Waals surface area contributed by atoms with Gasteiger partial charge in [-0.25, -0.2) is 9.59 Å². The van der Waals surface area contributed by atoms with E-state index in [1.54, 1.807) is 24.3 Å². The van der Waals surface area contributed by atoms with E-state index in [4.69, 9.17) is 4.74 Å². The Morgan fingerprint density at radius 1 is 0.900 bits per heavy atom. The maximum absolute atomic E-state index is 12.3. The summed E-state index contributed by atoms with van der Waals surface area (Å²) >= 11 is 0. The maximum Gasteiger partial charge on any atom is 0.338 e. The Kier molecular flexibility index (Phi) is 8.41. The van der Waals surface area contributed by atoms with Gasteiger partial charge < -0.3 is 20.7 Å². The minimum absolute atomic E-state index is 0.0528. The van der Waals surface area contributed by atoms with Gasteiger partial charge in [-0.15, -0.1) is 0 Å². The predicted octanol–water partition coefficient (Wildman–Crippen LogP) is 3.64. The Bertz CT molecular complexity index is 861. The molecule has 2 rings (SSSR count). The van der Waals surface area contributed by atoms with Gasteiger partial charge in [0.15, 0.2) is 6.10 Å². The van der Waals surface area contributed by atoms with Gasteiger partial charge in [0.25, 0.3) is 5.91 Å². The van der Waals surface area contributed by atoms with E-state index in [0.717, 1.165) is 12.0 Å². The van der Waals surface area contributed by atoms with Gasteiger partial charge in [0.1, 0.15) is 0 Å². The molecule has 0 aliphatic carbocycles. The summed E-state index contributed by atoms with van der Waals surface area (Å²) in [5, 5.41) is 8.21. The highest BCUT2D eigenvalue weighted by molar-refractivity contribution is 5.97. The zero-order chi connectivity index (χ0) is 22.1. The Morgan fingerprint density at radius 3 is 2.07 bits per heavy atom. The molecular weight excluding hydrogens is 382 g/mol. The summed E-state index contributed by atoms with van der Waals surface area (Å²) in [6.07, 6.45) is -0.0215. The molecule has 30 heavy (non-hydrogen) atoms. The SMILES string of the molecule is CCc1ccc(NC(=O)C(C)OC(=O)c2ccc(CNC(=O)NC(C)C)cc2)cc1. The number of anilines is 1. The van der Waals surface area contributed by atoms with Crippen molar-refractivity contribution in [2.24, 2.45) is 0 Å². The number of benzene rings is 2. The van der Waals surface area contributed by atoms with Crippen LogP contribution in [0, 0.1) is 0 Å². The second-order valence-corrected chi connectivity index (χ2v) is 7.27. The van der Waals surface area contributed by atoms with Crippen molar-refractivity contribution in [3.8, 4) is 0 Å². The number of aryl methyl sites for hydroxylation is 1. The number of urea groups is 1. The molecule has 2 aromatic carbocycles. The van der Waals surface area contributed by atoms with Crippen LogP contribution in [-0.2, 0) is 22.5 Å². The van der Waals surface area contributed by atoms with Crippen LogP contribution in [0.1, 0.15) is 49.2 Å². The molecule has 1 unspecified atom stereocenters. The minimum atomic E-state index is -0.940. The summed E-state index contributed by atoms with van der Waals surface area (Å²) in [4.78, 5) is 36.2. The second-order valence-electron chi connectivity index (χ2n) is 7.27. The van der Waals surface area contributed by atoms with Crippen molar-refractivity contribution in [1.82, 2.24) is 10.6 Å². The number of rotatable bonds is 8. The lowest BCUT2D eigenvalue weighted by atomic mass is 10.1. The third-order valence-electron chi connectivity index (χ3n) is 4.35. The van der Waals surface area contributed by atoms with Crippen LogP contribution in [0.15, 0.2) is 48.5 Å². The van der Waals surface area contributed by atoms with Gasteiger partial charge >= 0.3 is 12.0 Å². The van der Waals surface area contributed by atoms with E-state index in [1.165, 1.54) is 12.5 Å². The topological polar surface area (TPSA) is 96.5 Å². The highest BCUT2D eigenvalue weighted by atomic mass is 16.5. The van der Waals surface area contributed by atoms with Gasteiger partial charge in [0.2, 0.25) is 0 Å². The van der Waals surface area contributed by atoms with Crippen LogP contribution in [0.3, 0.4) is 0 Å². The molecule has 0 saturated carbocycles. The van der Waals surface area contributed by atoms with Crippen LogP contribution < -0.4 is 16.0 Å². The average Bonchev–Trinajstić information content (AvgIpc) is 2.72. The van der Waals surface area contributed by atoms with Crippen molar-refractivity contribution in [2.75, 3.05) is 5.32 Å². The molecule has 3 amide bonds. The summed E-state index contributed by atoms with van der Waals surface area (Å²) < 4.78 is 5.27. The Hall–Kier alpha value is -3.35. The molecule has 0 aromatic heterocycles. The lowest BCUT2D eigenvalue weighted by Gasteiger charge is -2.14. The predicted molar refractivity (Wildman–Crippen MR) is 116 cm³/mol. The van der Waals surface area contributed by atoms with Crippen LogP contribution in [0.25, 0.3) is 0 Å². The molecule has 0 spiro atoms. The summed E-state index contributed by atoms with van der Waals surface area (Å²) in [5.41, 5.74) is 2.99. The van der Waals surface area contributed by atoms with Crippen molar-refractivity contribution < 1.29 is 19.1 Å². The first-order valence-electron chi connectivity index (χ1n) is 10.0. The van der Waals surface area contributed by atoms with E-state index in [-0.39, 0.29) is 12.1 Å². The van der Waals surface area contributed by atoms with Crippen LogP contribution in [0.4, 0.5) is 10.5 Å². The van der Waals surface area contributed by atoms with Crippen molar-refractivity contribution in [2.45, 2.75) is 52.8 Å². The van der Waals surface area contributed by atoms with E-state index in [1.807, 2.05) is 38.1 Å². The van der Waals surface area contributed by atoms with Gasteiger partial charge in [0, 0.05) is 18.3 Å². The fourth-order valence-corrected chi connectivity index (χ4v) is 2.60. The molecule has 0 bridgehead atoms. The first kappa shape index (κ1) is 22.9. The molecule has 3 N–H and O–H groups in total. The van der Waals surface area contributed by atoms with E-state index < -0.39 is 18.0 Å². The molecule has 0 fully saturated rings. The molecule has 1 atom stereocenters. The highest BCUT2D eigenvalue weighted by Crippen LogP contribution is 2.12. The van der Waals surface area contributed by atoms with Crippen molar-refractivity contribution in [3.05, 3.63) is 65.2 Å². The first-order valence-corrected chi connectivity index (χ1v) is 10.0. The van der Waals surface area contributed by atoms with Gasteiger partial charge in [0.05, 0.1) is 5.56 Å². The minimum Gasteiger partial charge on any atom is -0.449 e. The van der Waals surface area contributed by atoms with E-state index in [2.05, 4.69) is 22.9 Å². The second kappa shape index (κ2) is 11.0. The van der Waals surface area contributed by atoms with Gasteiger partial charge in [-0.2, -0.15) is 0 Å². The zero-order valence-electron chi connectivity index (χ0n) is 17.8. The zero-order valence-corrected chi connectivity index (χ0v) is 17.8. The lowest BCUT2D eigenvalue weighted by molar-refractivity contribution is -0.123. The number of amides is 3. The van der Waals surface area contributed by atoms with Crippen LogP contribution >= 0.6 is 0 Å². The molecule has 7 heteroatoms. The quantitative estimate of drug-likeness (QED) is 0.578. The molecule has 0 aliphatic rings. The highest BCUT2D eigenvalue weighted by Gasteiger charge is 2.19. The van der Waals surface area contributed by atoms with Crippen LogP contribution in [-0.4, -0.2) is 30.1 Å². The molecule has 0 radical (unpaired) electrons. The normalized spacial score (nSPS) is 11.5. The van der Waals surface area contributed by atoms with Crippen LogP contribution in [0.5, 0.6) is 0 Å². The summed E-state index contributed by atoms with van der Waals surface area (Å²) in [6, 6.07) is 14.0. The van der Waals surface area contributed by atoms with E-state index in [0.29, 0.717) is 17.8 Å². The first-order chi connectivity index (χ1) is 14.3. The molecule has 0 heterocycles. The fraction of sp³-hybridized carbons (Fsp3) is 0.348. The number of nitrogens with one attached hydrogen (secondary N) is 3. The summed E-state index contributed by atoms with van der Waals surface area (Å²) in [6.45, 7) is 7.68.